The first-order valence-electron chi connectivity index (χ1n) is 8.09. The van der Waals surface area contributed by atoms with Crippen molar-refractivity contribution in [3.05, 3.63) is 41.9 Å². The Hall–Kier alpha value is -2.49. The molecule has 1 saturated carbocycles. The van der Waals surface area contributed by atoms with E-state index in [2.05, 4.69) is 40.1 Å². The molecule has 0 amide bonds. The molecule has 0 radical (unpaired) electrons. The molecule has 1 N–H and O–H groups in total. The molecule has 3 heterocycles. The van der Waals surface area contributed by atoms with Gasteiger partial charge in [-0.25, -0.2) is 15.0 Å². The predicted octanol–water partition coefficient (Wildman–Crippen LogP) is 4.92. The van der Waals surface area contributed by atoms with Gasteiger partial charge in [0.05, 0.1) is 0 Å². The highest BCUT2D eigenvalue weighted by atomic mass is 14.9. The quantitative estimate of drug-likeness (QED) is 0.698. The van der Waals surface area contributed by atoms with Gasteiger partial charge < -0.3 is 4.98 Å². The van der Waals surface area contributed by atoms with Gasteiger partial charge in [0.25, 0.3) is 0 Å². The Morgan fingerprint density at radius 1 is 1.26 bits per heavy atom. The maximum atomic E-state index is 4.76. The molecule has 4 nitrogen and oxygen atoms in total. The highest BCUT2D eigenvalue weighted by Gasteiger charge is 2.25. The van der Waals surface area contributed by atoms with E-state index in [9.17, 15) is 0 Å². The lowest BCUT2D eigenvalue weighted by Crippen LogP contribution is -1.88. The largest absolute Gasteiger partial charge is 0.346 e. The third-order valence-electron chi connectivity index (χ3n) is 4.25. The summed E-state index contributed by atoms with van der Waals surface area (Å²) in [6.07, 6.45) is 6.47. The summed E-state index contributed by atoms with van der Waals surface area (Å²) in [7, 11) is 0. The molecule has 4 heteroatoms. The zero-order valence-electron chi connectivity index (χ0n) is 13.7. The number of aliphatic imine (C=N–C) groups is 1. The van der Waals surface area contributed by atoms with Crippen LogP contribution in [-0.4, -0.2) is 20.7 Å². The van der Waals surface area contributed by atoms with Crippen molar-refractivity contribution in [1.29, 1.82) is 0 Å². The van der Waals surface area contributed by atoms with E-state index in [0.29, 0.717) is 5.92 Å². The first-order valence-corrected chi connectivity index (χ1v) is 8.09. The maximum absolute atomic E-state index is 4.76. The molecule has 1 fully saturated rings. The van der Waals surface area contributed by atoms with E-state index in [-0.39, 0.29) is 0 Å². The molecular weight excluding hydrogens is 284 g/mol. The van der Waals surface area contributed by atoms with Crippen LogP contribution in [0.15, 0.2) is 35.6 Å². The fourth-order valence-corrected chi connectivity index (χ4v) is 2.91. The Labute approximate surface area is 135 Å². The number of rotatable bonds is 3. The van der Waals surface area contributed by atoms with E-state index >= 15 is 0 Å². The lowest BCUT2D eigenvalue weighted by molar-refractivity contribution is 1.04. The monoisotopic (exact) mass is 304 g/mol. The zero-order valence-corrected chi connectivity index (χ0v) is 13.7. The van der Waals surface area contributed by atoms with Gasteiger partial charge in [-0.05, 0) is 57.4 Å². The molecule has 3 aromatic heterocycles. The summed E-state index contributed by atoms with van der Waals surface area (Å²) in [6, 6.07) is 6.49. The molecule has 4 rings (SSSR count). The van der Waals surface area contributed by atoms with Crippen molar-refractivity contribution in [2.45, 2.75) is 39.5 Å². The number of hydrogen-bond acceptors (Lipinski definition) is 3. The van der Waals surface area contributed by atoms with Crippen molar-refractivity contribution >= 4 is 22.6 Å². The zero-order chi connectivity index (χ0) is 16.0. The molecule has 0 saturated heterocycles. The Morgan fingerprint density at radius 2 is 2.09 bits per heavy atom. The number of aromatic amines is 1. The summed E-state index contributed by atoms with van der Waals surface area (Å²) < 4.78 is 0. The molecule has 0 unspecified atom stereocenters. The minimum atomic E-state index is 0.671. The van der Waals surface area contributed by atoms with Gasteiger partial charge in [0, 0.05) is 46.2 Å². The molecule has 0 bridgehead atoms. The van der Waals surface area contributed by atoms with Gasteiger partial charge in [-0.2, -0.15) is 0 Å². The smallest absolute Gasteiger partial charge is 0.154 e. The second-order valence-electron chi connectivity index (χ2n) is 6.53. The molecule has 0 atom stereocenters. The van der Waals surface area contributed by atoms with Crippen LogP contribution in [0, 0.1) is 6.92 Å². The van der Waals surface area contributed by atoms with Gasteiger partial charge >= 0.3 is 0 Å². The lowest BCUT2D eigenvalue weighted by atomic mass is 10.1. The van der Waals surface area contributed by atoms with Crippen molar-refractivity contribution in [2.75, 3.05) is 0 Å². The van der Waals surface area contributed by atoms with Crippen molar-refractivity contribution in [2.24, 2.45) is 4.99 Å². The van der Waals surface area contributed by atoms with Crippen molar-refractivity contribution in [3.8, 4) is 11.1 Å². The molecule has 0 aromatic carbocycles. The molecule has 1 aliphatic rings. The average molecular weight is 304 g/mol. The number of aromatic nitrogens is 3. The third kappa shape index (κ3) is 2.65. The minimum absolute atomic E-state index is 0.671. The highest BCUT2D eigenvalue weighted by Crippen LogP contribution is 2.40. The molecular formula is C19H20N4. The standard InChI is InChI=1S/C19H20N4/c1-11(2)22-18-12(3)8-14(9-20-18)16-10-21-19-15(16)6-7-17(23-19)13-4-5-13/h6-10,13H,4-5H2,1-3H3,(H,21,23). The van der Waals surface area contributed by atoms with Crippen LogP contribution in [0.1, 0.15) is 43.9 Å². The number of hydrogen-bond donors (Lipinski definition) is 1. The van der Waals surface area contributed by atoms with Crippen LogP contribution in [0.5, 0.6) is 0 Å². The van der Waals surface area contributed by atoms with Crippen LogP contribution in [0.25, 0.3) is 22.2 Å². The van der Waals surface area contributed by atoms with E-state index in [1.54, 1.807) is 0 Å². The van der Waals surface area contributed by atoms with E-state index in [1.165, 1.54) is 18.5 Å². The second kappa shape index (κ2) is 5.30. The fraction of sp³-hybridized carbons (Fsp3) is 0.316. The number of nitrogens with one attached hydrogen (secondary N) is 1. The Morgan fingerprint density at radius 3 is 2.78 bits per heavy atom. The van der Waals surface area contributed by atoms with Crippen LogP contribution in [0.3, 0.4) is 0 Å². The Kier molecular flexibility index (Phi) is 3.26. The normalized spacial score (nSPS) is 14.2. The summed E-state index contributed by atoms with van der Waals surface area (Å²) in [5.41, 5.74) is 6.52. The van der Waals surface area contributed by atoms with Crippen LogP contribution >= 0.6 is 0 Å². The van der Waals surface area contributed by atoms with Gasteiger partial charge in [0.2, 0.25) is 0 Å². The van der Waals surface area contributed by atoms with E-state index in [1.807, 2.05) is 26.2 Å². The topological polar surface area (TPSA) is 53.9 Å². The van der Waals surface area contributed by atoms with Crippen molar-refractivity contribution in [3.63, 3.8) is 0 Å². The summed E-state index contributed by atoms with van der Waals surface area (Å²) in [4.78, 5) is 17.1. The number of fused-ring (bicyclic) bond motifs is 1. The van der Waals surface area contributed by atoms with Gasteiger partial charge in [0.15, 0.2) is 5.82 Å². The Bertz CT molecular complexity index is 912. The van der Waals surface area contributed by atoms with Gasteiger partial charge in [-0.3, -0.25) is 0 Å². The van der Waals surface area contributed by atoms with Crippen LogP contribution in [0.4, 0.5) is 5.82 Å². The molecule has 23 heavy (non-hydrogen) atoms. The molecule has 0 aliphatic heterocycles. The van der Waals surface area contributed by atoms with E-state index in [0.717, 1.165) is 39.3 Å². The molecule has 116 valence electrons. The van der Waals surface area contributed by atoms with E-state index in [4.69, 9.17) is 4.98 Å². The SMILES string of the molecule is CC(C)=Nc1ncc(-c2c[nH]c3nc(C4CC4)ccc23)cc1C. The minimum Gasteiger partial charge on any atom is -0.346 e. The predicted molar refractivity (Wildman–Crippen MR) is 94.5 cm³/mol. The average Bonchev–Trinajstić information content (AvgIpc) is 3.28. The number of pyridine rings is 2. The van der Waals surface area contributed by atoms with Crippen molar-refractivity contribution < 1.29 is 0 Å². The van der Waals surface area contributed by atoms with Gasteiger partial charge in [-0.15, -0.1) is 0 Å². The number of H-pyrrole nitrogens is 1. The third-order valence-corrected chi connectivity index (χ3v) is 4.25. The summed E-state index contributed by atoms with van der Waals surface area (Å²) in [5, 5.41) is 1.15. The van der Waals surface area contributed by atoms with Crippen LogP contribution < -0.4 is 0 Å². The van der Waals surface area contributed by atoms with Crippen LogP contribution in [-0.2, 0) is 0 Å². The lowest BCUT2D eigenvalue weighted by Gasteiger charge is -2.05. The fourth-order valence-electron chi connectivity index (χ4n) is 2.91. The summed E-state index contributed by atoms with van der Waals surface area (Å²) in [5.74, 6) is 1.47. The first-order chi connectivity index (χ1) is 11.1. The molecule has 0 spiro atoms. The Balaban J connectivity index is 1.76. The highest BCUT2D eigenvalue weighted by molar-refractivity contribution is 5.93. The summed E-state index contributed by atoms with van der Waals surface area (Å²) in [6.45, 7) is 6.02. The van der Waals surface area contributed by atoms with Gasteiger partial charge in [0.1, 0.15) is 5.65 Å². The summed E-state index contributed by atoms with van der Waals surface area (Å²) >= 11 is 0. The number of nitrogens with zero attached hydrogens (tertiary/aromatic N) is 3. The second-order valence-corrected chi connectivity index (χ2v) is 6.53. The molecule has 3 aromatic rings. The van der Waals surface area contributed by atoms with Crippen LogP contribution in [0.2, 0.25) is 0 Å². The maximum Gasteiger partial charge on any atom is 0.154 e. The number of aryl methyl sites for hydroxylation is 1. The first kappa shape index (κ1) is 14.1. The van der Waals surface area contributed by atoms with E-state index < -0.39 is 0 Å². The van der Waals surface area contributed by atoms with Crippen molar-refractivity contribution in [1.82, 2.24) is 15.0 Å². The van der Waals surface area contributed by atoms with Gasteiger partial charge in [-0.1, -0.05) is 0 Å². The molecule has 1 aliphatic carbocycles.